The summed E-state index contributed by atoms with van der Waals surface area (Å²) in [6, 6.07) is 1.09. The number of nitrogens with zero attached hydrogens (tertiary/aromatic N) is 1. The summed E-state index contributed by atoms with van der Waals surface area (Å²) < 4.78 is 35.1. The molecule has 0 radical (unpaired) electrons. The number of hydrogen-bond acceptors (Lipinski definition) is 14. The first-order valence-electron chi connectivity index (χ1n) is 9.65. The lowest BCUT2D eigenvalue weighted by atomic mass is 10.1. The van der Waals surface area contributed by atoms with Crippen molar-refractivity contribution in [2.24, 2.45) is 0 Å². The van der Waals surface area contributed by atoms with Crippen molar-refractivity contribution in [1.82, 2.24) is 9.55 Å². The predicted molar refractivity (Wildman–Crippen MR) is 112 cm³/mol. The molecule has 1 aromatic rings. The first-order valence-corrected chi connectivity index (χ1v) is 12.7. The van der Waals surface area contributed by atoms with Gasteiger partial charge in [0.1, 0.15) is 36.6 Å². The van der Waals surface area contributed by atoms with E-state index in [-0.39, 0.29) is 6.29 Å². The van der Waals surface area contributed by atoms with Gasteiger partial charge in [-0.25, -0.2) is 13.9 Å². The third kappa shape index (κ3) is 9.33. The van der Waals surface area contributed by atoms with Crippen molar-refractivity contribution in [3.63, 3.8) is 0 Å². The SMILES string of the molecule is C[C@H](OP(=O)(O)OP(=O)(O)O)[C@H](O)[C@@H](O)[C@@H](O)C=O.O=c1ccn([C@@H]2O[C@H](CO)[C@@H](O)[C@H]2O)c(=O)[nH]1. The van der Waals surface area contributed by atoms with Gasteiger partial charge in [0.05, 0.1) is 12.7 Å². The molecule has 1 unspecified atom stereocenters. The Morgan fingerprint density at radius 2 is 1.72 bits per heavy atom. The largest absolute Gasteiger partial charge is 0.481 e. The Balaban J connectivity index is 0.000000361. The van der Waals surface area contributed by atoms with E-state index in [4.69, 9.17) is 29.6 Å². The van der Waals surface area contributed by atoms with Crippen molar-refractivity contribution in [3.05, 3.63) is 33.1 Å². The predicted octanol–water partition coefficient (Wildman–Crippen LogP) is -4.97. The van der Waals surface area contributed by atoms with Gasteiger partial charge in [0.25, 0.3) is 5.56 Å². The van der Waals surface area contributed by atoms with Crippen LogP contribution in [-0.2, 0) is 27.5 Å². The zero-order chi connectivity index (χ0) is 28.0. The Hall–Kier alpha value is -1.67. The van der Waals surface area contributed by atoms with Crippen LogP contribution in [0, 0.1) is 0 Å². The van der Waals surface area contributed by atoms with Crippen LogP contribution in [0.25, 0.3) is 0 Å². The van der Waals surface area contributed by atoms with Crippen LogP contribution in [-0.4, -0.2) is 110 Å². The van der Waals surface area contributed by atoms with Crippen molar-refractivity contribution >= 4 is 21.9 Å². The molecule has 208 valence electrons. The second-order valence-corrected chi connectivity index (χ2v) is 9.99. The van der Waals surface area contributed by atoms with Gasteiger partial charge in [0.15, 0.2) is 12.5 Å². The molecule has 0 aliphatic carbocycles. The molecule has 1 fully saturated rings. The van der Waals surface area contributed by atoms with E-state index in [0.717, 1.165) is 23.8 Å². The molecule has 0 spiro atoms. The Morgan fingerprint density at radius 1 is 1.14 bits per heavy atom. The van der Waals surface area contributed by atoms with Gasteiger partial charge in [-0.2, -0.15) is 4.31 Å². The van der Waals surface area contributed by atoms with E-state index in [1.165, 1.54) is 0 Å². The second-order valence-electron chi connectivity index (χ2n) is 7.21. The van der Waals surface area contributed by atoms with Crippen LogP contribution in [0.2, 0.25) is 0 Å². The van der Waals surface area contributed by atoms with Crippen LogP contribution in [0.4, 0.5) is 0 Å². The van der Waals surface area contributed by atoms with Crippen LogP contribution < -0.4 is 11.2 Å². The summed E-state index contributed by atoms with van der Waals surface area (Å²) in [7, 11) is -10.5. The Kier molecular flexibility index (Phi) is 11.9. The van der Waals surface area contributed by atoms with E-state index in [9.17, 15) is 43.9 Å². The molecule has 36 heavy (non-hydrogen) atoms. The molecular formula is C15H26N2O17P2. The molecule has 1 aliphatic rings. The molecule has 2 heterocycles. The van der Waals surface area contributed by atoms with Crippen molar-refractivity contribution in [2.75, 3.05) is 6.61 Å². The van der Waals surface area contributed by atoms with Gasteiger partial charge >= 0.3 is 21.3 Å². The number of aromatic amines is 1. The lowest BCUT2D eigenvalue weighted by Gasteiger charge is -2.26. The summed E-state index contributed by atoms with van der Waals surface area (Å²) in [5.41, 5.74) is -1.33. The number of hydrogen-bond donors (Lipinski definition) is 10. The topological polar surface area (TPSA) is 316 Å². The molecule has 10 N–H and O–H groups in total. The monoisotopic (exact) mass is 568 g/mol. The fourth-order valence-corrected chi connectivity index (χ4v) is 4.50. The maximum absolute atomic E-state index is 11.4. The zero-order valence-electron chi connectivity index (χ0n) is 18.2. The number of aromatic nitrogens is 2. The van der Waals surface area contributed by atoms with Gasteiger partial charge in [-0.05, 0) is 6.92 Å². The standard InChI is InChI=1S/C9H12N2O6.C6H14O11P2/c12-3-4-6(14)7(15)8(17-4)11-2-1-5(13)10-9(11)16;1-3(5(9)6(10)4(8)2-7)16-19(14,15)17-18(11,12)13/h1-2,4,6-8,12,14-15H,3H2,(H,10,13,16);2-6,8-10H,1H3,(H,14,15)(H2,11,12,13)/t4-,6-,7-,8-;3-,4-,5-,6-/m10/s1. The number of H-pyrrole nitrogens is 1. The molecule has 0 bridgehead atoms. The molecule has 1 aromatic heterocycles. The van der Waals surface area contributed by atoms with Crippen LogP contribution in [0.5, 0.6) is 0 Å². The fraction of sp³-hybridized carbons (Fsp3) is 0.667. The molecule has 2 rings (SSSR count). The highest BCUT2D eigenvalue weighted by Gasteiger charge is 2.43. The zero-order valence-corrected chi connectivity index (χ0v) is 20.0. The molecular weight excluding hydrogens is 542 g/mol. The molecule has 21 heteroatoms. The molecule has 0 aromatic carbocycles. The minimum Gasteiger partial charge on any atom is -0.394 e. The van der Waals surface area contributed by atoms with Crippen molar-refractivity contribution in [3.8, 4) is 0 Å². The highest BCUT2D eigenvalue weighted by atomic mass is 31.3. The van der Waals surface area contributed by atoms with E-state index < -0.39 is 82.5 Å². The highest BCUT2D eigenvalue weighted by molar-refractivity contribution is 7.60. The fourth-order valence-electron chi connectivity index (χ4n) is 2.72. The van der Waals surface area contributed by atoms with Crippen LogP contribution in [0.15, 0.2) is 21.9 Å². The number of phosphoric acid groups is 2. The van der Waals surface area contributed by atoms with Crippen LogP contribution in [0.3, 0.4) is 0 Å². The molecule has 1 saturated heterocycles. The summed E-state index contributed by atoms with van der Waals surface area (Å²) in [5.74, 6) is 0. The molecule has 0 amide bonds. The second kappa shape index (κ2) is 13.2. The summed E-state index contributed by atoms with van der Waals surface area (Å²) >= 11 is 0. The number of nitrogens with one attached hydrogen (secondary N) is 1. The van der Waals surface area contributed by atoms with Gasteiger partial charge in [-0.3, -0.25) is 18.9 Å². The number of rotatable bonds is 10. The van der Waals surface area contributed by atoms with Gasteiger partial charge < -0.3 is 54.9 Å². The summed E-state index contributed by atoms with van der Waals surface area (Å²) in [4.78, 5) is 60.0. The first-order chi connectivity index (χ1) is 16.4. The maximum Gasteiger partial charge on any atom is 0.481 e. The number of carbonyl (C=O) groups excluding carboxylic acids is 1. The molecule has 0 saturated carbocycles. The molecule has 1 aliphatic heterocycles. The average molecular weight is 568 g/mol. The van der Waals surface area contributed by atoms with Gasteiger partial charge in [-0.15, -0.1) is 0 Å². The lowest BCUT2D eigenvalue weighted by Crippen LogP contribution is -2.44. The number of carbonyl (C=O) groups is 1. The minimum absolute atomic E-state index is 0.0920. The van der Waals surface area contributed by atoms with E-state index in [1.807, 2.05) is 4.98 Å². The van der Waals surface area contributed by atoms with Gasteiger partial charge in [0, 0.05) is 12.3 Å². The van der Waals surface area contributed by atoms with Crippen LogP contribution in [0.1, 0.15) is 13.2 Å². The van der Waals surface area contributed by atoms with E-state index >= 15 is 0 Å². The van der Waals surface area contributed by atoms with Crippen molar-refractivity contribution in [1.29, 1.82) is 0 Å². The third-order valence-corrected chi connectivity index (χ3v) is 6.75. The van der Waals surface area contributed by atoms with E-state index in [2.05, 4.69) is 8.83 Å². The summed E-state index contributed by atoms with van der Waals surface area (Å²) in [6.07, 6.45) is -11.3. The smallest absolute Gasteiger partial charge is 0.394 e. The first kappa shape index (κ1) is 32.4. The Labute approximate surface area is 200 Å². The molecule has 9 atom stereocenters. The minimum atomic E-state index is -5.31. The van der Waals surface area contributed by atoms with Crippen molar-refractivity contribution in [2.45, 2.75) is 55.9 Å². The van der Waals surface area contributed by atoms with E-state index in [0.29, 0.717) is 0 Å². The van der Waals surface area contributed by atoms with Crippen LogP contribution >= 0.6 is 15.6 Å². The number of phosphoric ester groups is 1. The third-order valence-electron chi connectivity index (χ3n) is 4.47. The quantitative estimate of drug-likeness (QED) is 0.0933. The number of aldehydes is 1. The molecule has 19 nitrogen and oxygen atoms in total. The Bertz CT molecular complexity index is 1070. The lowest BCUT2D eigenvalue weighted by molar-refractivity contribution is -0.131. The van der Waals surface area contributed by atoms with E-state index in [1.54, 1.807) is 0 Å². The average Bonchev–Trinajstić information content (AvgIpc) is 3.04. The maximum atomic E-state index is 11.4. The normalized spacial score (nSPS) is 27.2. The summed E-state index contributed by atoms with van der Waals surface area (Å²) in [5, 5.41) is 55.6. The Morgan fingerprint density at radius 3 is 2.17 bits per heavy atom. The summed E-state index contributed by atoms with van der Waals surface area (Å²) in [6.45, 7) is 0.462. The number of ether oxygens (including phenoxy) is 1. The van der Waals surface area contributed by atoms with Gasteiger partial charge in [-0.1, -0.05) is 0 Å². The number of aliphatic hydroxyl groups is 6. The highest BCUT2D eigenvalue weighted by Crippen LogP contribution is 2.58. The van der Waals surface area contributed by atoms with Crippen molar-refractivity contribution < 1.29 is 72.8 Å². The number of aliphatic hydroxyl groups excluding tert-OH is 6. The van der Waals surface area contributed by atoms with Gasteiger partial charge in [0.2, 0.25) is 0 Å².